The molecule has 0 saturated carbocycles. The Labute approximate surface area is 119 Å². The van der Waals surface area contributed by atoms with Crippen LogP contribution >= 0.6 is 0 Å². The van der Waals surface area contributed by atoms with Gasteiger partial charge in [0.25, 0.3) is 0 Å². The molecule has 1 rings (SSSR count). The van der Waals surface area contributed by atoms with Crippen molar-refractivity contribution in [3.63, 3.8) is 0 Å². The third-order valence-electron chi connectivity index (χ3n) is 2.00. The zero-order valence-corrected chi connectivity index (χ0v) is 11.7. The lowest BCUT2D eigenvalue weighted by molar-refractivity contribution is -0.125. The average Bonchev–Trinajstić information content (AvgIpc) is 2.86. The maximum Gasteiger partial charge on any atom is 0.240 e. The minimum absolute atomic E-state index is 0.0278. The molecule has 1 aliphatic heterocycles. The van der Waals surface area contributed by atoms with Gasteiger partial charge in [-0.05, 0) is 18.7 Å². The monoisotopic (exact) mass is 288 g/mol. The summed E-state index contributed by atoms with van der Waals surface area (Å²) in [7, 11) is 0. The number of hydrogen-bond acceptors (Lipinski definition) is 5. The van der Waals surface area contributed by atoms with Crippen molar-refractivity contribution in [3.8, 4) is 0 Å². The first kappa shape index (κ1) is 20.6. The Balaban J connectivity index is 0. The molecule has 7 nitrogen and oxygen atoms in total. The molecular formula is C13H24N2O5. The maximum atomic E-state index is 10.7. The lowest BCUT2D eigenvalue weighted by Crippen LogP contribution is -2.16. The van der Waals surface area contributed by atoms with Crippen molar-refractivity contribution in [1.29, 1.82) is 0 Å². The maximum absolute atomic E-state index is 10.7. The zero-order valence-electron chi connectivity index (χ0n) is 11.7. The minimum Gasteiger partial charge on any atom is -0.394 e. The molecule has 0 aromatic rings. The SMILES string of the molecule is C=CC(N)=O.C=CN1CCCC1=O.OCCOCCO. The quantitative estimate of drug-likeness (QED) is 0.446. The molecule has 4 N–H and O–H groups in total. The van der Waals surface area contributed by atoms with E-state index in [1.807, 2.05) is 0 Å². The van der Waals surface area contributed by atoms with Crippen LogP contribution in [0, 0.1) is 0 Å². The van der Waals surface area contributed by atoms with Gasteiger partial charge in [-0.15, -0.1) is 0 Å². The van der Waals surface area contributed by atoms with Gasteiger partial charge in [-0.1, -0.05) is 13.2 Å². The number of aliphatic hydroxyl groups is 2. The number of likely N-dealkylation sites (tertiary alicyclic amines) is 1. The Morgan fingerprint density at radius 3 is 2.05 bits per heavy atom. The Bertz CT molecular complexity index is 290. The Morgan fingerprint density at radius 2 is 1.85 bits per heavy atom. The summed E-state index contributed by atoms with van der Waals surface area (Å²) in [6.07, 6.45) is 4.34. The smallest absolute Gasteiger partial charge is 0.240 e. The summed E-state index contributed by atoms with van der Waals surface area (Å²) < 4.78 is 4.63. The fourth-order valence-electron chi connectivity index (χ4n) is 1.09. The molecule has 0 aromatic carbocycles. The van der Waals surface area contributed by atoms with E-state index in [1.54, 1.807) is 11.1 Å². The summed E-state index contributed by atoms with van der Waals surface area (Å²) in [5.74, 6) is -0.273. The van der Waals surface area contributed by atoms with Crippen LogP contribution in [-0.4, -0.2) is 59.9 Å². The molecule has 1 heterocycles. The van der Waals surface area contributed by atoms with Gasteiger partial charge >= 0.3 is 0 Å². The molecule has 0 unspecified atom stereocenters. The number of carbonyl (C=O) groups is 2. The predicted molar refractivity (Wildman–Crippen MR) is 75.5 cm³/mol. The molecule has 7 heteroatoms. The van der Waals surface area contributed by atoms with Crippen LogP contribution in [0.2, 0.25) is 0 Å². The van der Waals surface area contributed by atoms with E-state index in [-0.39, 0.29) is 19.1 Å². The molecule has 116 valence electrons. The molecular weight excluding hydrogens is 264 g/mol. The van der Waals surface area contributed by atoms with E-state index in [9.17, 15) is 9.59 Å². The standard InChI is InChI=1S/C6H9NO.C4H10O3.C3H5NO/c1-2-7-5-3-4-6(7)8;5-1-3-7-4-2-6;1-2-3(4)5/h2H,1,3-5H2;5-6H,1-4H2;2H,1H2,(H2,4,5). The van der Waals surface area contributed by atoms with Crippen molar-refractivity contribution >= 4 is 11.8 Å². The van der Waals surface area contributed by atoms with Gasteiger partial charge in [0.1, 0.15) is 0 Å². The topological polar surface area (TPSA) is 113 Å². The lowest BCUT2D eigenvalue weighted by atomic mass is 10.4. The average molecular weight is 288 g/mol. The van der Waals surface area contributed by atoms with E-state index in [2.05, 4.69) is 23.6 Å². The zero-order chi connectivity index (χ0) is 15.8. The molecule has 0 bridgehead atoms. The number of amides is 2. The summed E-state index contributed by atoms with van der Waals surface area (Å²) in [4.78, 5) is 21.8. The highest BCUT2D eigenvalue weighted by molar-refractivity contribution is 5.85. The van der Waals surface area contributed by atoms with Gasteiger partial charge in [0.05, 0.1) is 26.4 Å². The number of nitrogens with two attached hydrogens (primary N) is 1. The van der Waals surface area contributed by atoms with Crippen molar-refractivity contribution in [2.45, 2.75) is 12.8 Å². The van der Waals surface area contributed by atoms with E-state index >= 15 is 0 Å². The van der Waals surface area contributed by atoms with E-state index in [0.29, 0.717) is 19.6 Å². The van der Waals surface area contributed by atoms with Crippen LogP contribution < -0.4 is 5.73 Å². The number of nitrogens with zero attached hydrogens (tertiary/aromatic N) is 1. The van der Waals surface area contributed by atoms with Crippen molar-refractivity contribution in [2.75, 3.05) is 33.0 Å². The lowest BCUT2D eigenvalue weighted by Gasteiger charge is -2.05. The first-order valence-electron chi connectivity index (χ1n) is 6.16. The van der Waals surface area contributed by atoms with Gasteiger partial charge < -0.3 is 25.6 Å². The summed E-state index contributed by atoms with van der Waals surface area (Å²) in [6, 6.07) is 0. The molecule has 0 atom stereocenters. The first-order chi connectivity index (χ1) is 9.53. The highest BCUT2D eigenvalue weighted by Crippen LogP contribution is 2.08. The second kappa shape index (κ2) is 15.4. The third-order valence-corrected chi connectivity index (χ3v) is 2.00. The van der Waals surface area contributed by atoms with Crippen LogP contribution in [0.25, 0.3) is 0 Å². The van der Waals surface area contributed by atoms with E-state index in [4.69, 9.17) is 10.2 Å². The van der Waals surface area contributed by atoms with Gasteiger partial charge in [-0.25, -0.2) is 0 Å². The molecule has 1 aliphatic rings. The van der Waals surface area contributed by atoms with Crippen LogP contribution in [0.3, 0.4) is 0 Å². The number of carbonyl (C=O) groups excluding carboxylic acids is 2. The van der Waals surface area contributed by atoms with Crippen molar-refractivity contribution in [3.05, 3.63) is 25.4 Å². The summed E-state index contributed by atoms with van der Waals surface area (Å²) in [5, 5.41) is 16.2. The third kappa shape index (κ3) is 14.4. The van der Waals surface area contributed by atoms with Gasteiger partial charge in [0.15, 0.2) is 0 Å². The first-order valence-corrected chi connectivity index (χ1v) is 6.16. The molecule has 0 spiro atoms. The second-order valence-corrected chi connectivity index (χ2v) is 3.54. The number of primary amides is 1. The molecule has 0 radical (unpaired) electrons. The molecule has 0 aliphatic carbocycles. The largest absolute Gasteiger partial charge is 0.394 e. The van der Waals surface area contributed by atoms with Gasteiger partial charge in [-0.3, -0.25) is 9.59 Å². The summed E-state index contributed by atoms with van der Waals surface area (Å²) in [6.45, 7) is 8.14. The normalized spacial score (nSPS) is 12.7. The summed E-state index contributed by atoms with van der Waals surface area (Å²) >= 11 is 0. The Kier molecular flexibility index (Phi) is 15.8. The van der Waals surface area contributed by atoms with Crippen molar-refractivity contribution in [2.24, 2.45) is 5.73 Å². The molecule has 20 heavy (non-hydrogen) atoms. The van der Waals surface area contributed by atoms with Crippen molar-refractivity contribution in [1.82, 2.24) is 4.90 Å². The molecule has 0 aromatic heterocycles. The van der Waals surface area contributed by atoms with Crippen LogP contribution in [0.4, 0.5) is 0 Å². The summed E-state index contributed by atoms with van der Waals surface area (Å²) in [5.41, 5.74) is 4.53. The van der Waals surface area contributed by atoms with E-state index in [0.717, 1.165) is 19.0 Å². The minimum atomic E-state index is -0.481. The van der Waals surface area contributed by atoms with Crippen LogP contribution in [0.15, 0.2) is 25.4 Å². The molecule has 2 amide bonds. The van der Waals surface area contributed by atoms with Crippen LogP contribution in [0.5, 0.6) is 0 Å². The van der Waals surface area contributed by atoms with E-state index in [1.165, 1.54) is 0 Å². The van der Waals surface area contributed by atoms with Crippen LogP contribution in [0.1, 0.15) is 12.8 Å². The van der Waals surface area contributed by atoms with Gasteiger partial charge in [0, 0.05) is 13.0 Å². The fraction of sp³-hybridized carbons (Fsp3) is 0.538. The molecule has 1 fully saturated rings. The van der Waals surface area contributed by atoms with Crippen LogP contribution in [-0.2, 0) is 14.3 Å². The highest BCUT2D eigenvalue weighted by Gasteiger charge is 2.15. The second-order valence-electron chi connectivity index (χ2n) is 3.54. The van der Waals surface area contributed by atoms with Gasteiger partial charge in [0.2, 0.25) is 11.8 Å². The number of aliphatic hydroxyl groups excluding tert-OH is 2. The van der Waals surface area contributed by atoms with Crippen molar-refractivity contribution < 1.29 is 24.5 Å². The predicted octanol–water partition coefficient (Wildman–Crippen LogP) is -0.602. The number of rotatable bonds is 6. The highest BCUT2D eigenvalue weighted by atomic mass is 16.5. The Hall–Kier alpha value is -1.70. The van der Waals surface area contributed by atoms with Gasteiger partial charge in [-0.2, -0.15) is 0 Å². The number of hydrogen-bond donors (Lipinski definition) is 3. The fourth-order valence-corrected chi connectivity index (χ4v) is 1.09. The Morgan fingerprint density at radius 1 is 1.35 bits per heavy atom. The number of ether oxygens (including phenoxy) is 1. The molecule has 1 saturated heterocycles. The van der Waals surface area contributed by atoms with E-state index < -0.39 is 5.91 Å².